The van der Waals surface area contributed by atoms with Crippen LogP contribution >= 0.6 is 0 Å². The number of carboxylic acids is 1. The van der Waals surface area contributed by atoms with Crippen LogP contribution in [0.1, 0.15) is 35.2 Å². The van der Waals surface area contributed by atoms with Gasteiger partial charge in [-0.05, 0) is 80.0 Å². The number of halogens is 1. The number of hydrogen-bond acceptors (Lipinski definition) is 5. The van der Waals surface area contributed by atoms with E-state index in [9.17, 15) is 14.0 Å². The predicted octanol–water partition coefficient (Wildman–Crippen LogP) is 4.80. The highest BCUT2D eigenvalue weighted by atomic mass is 19.1. The van der Waals surface area contributed by atoms with Gasteiger partial charge >= 0.3 is 5.97 Å². The second-order valence-electron chi connectivity index (χ2n) is 7.99. The summed E-state index contributed by atoms with van der Waals surface area (Å²) < 4.78 is 19.2. The van der Waals surface area contributed by atoms with Gasteiger partial charge in [-0.15, -0.1) is 0 Å². The Bertz CT molecular complexity index is 1090. The Morgan fingerprint density at radius 2 is 1.51 bits per heavy atom. The Morgan fingerprint density at radius 3 is 2.20 bits per heavy atom. The molecule has 184 valence electrons. The van der Waals surface area contributed by atoms with Crippen LogP contribution in [0.25, 0.3) is 0 Å². The number of benzene rings is 3. The van der Waals surface area contributed by atoms with Gasteiger partial charge in [0.15, 0.2) is 11.6 Å². The highest BCUT2D eigenvalue weighted by Crippen LogP contribution is 2.25. The highest BCUT2D eigenvalue weighted by molar-refractivity contribution is 5.90. The number of ether oxygens (including phenoxy) is 1. The fourth-order valence-electron chi connectivity index (χ4n) is 3.31. The molecule has 0 atom stereocenters. The first-order valence-electron chi connectivity index (χ1n) is 11.6. The molecule has 0 aliphatic rings. The second-order valence-corrected chi connectivity index (χ2v) is 7.99. The average molecular weight is 480 g/mol. The van der Waals surface area contributed by atoms with E-state index in [-0.39, 0.29) is 17.2 Å². The molecule has 0 aromatic heterocycles. The zero-order valence-electron chi connectivity index (χ0n) is 19.4. The fourth-order valence-corrected chi connectivity index (χ4v) is 3.31. The number of aromatic carboxylic acids is 1. The van der Waals surface area contributed by atoms with E-state index in [1.165, 1.54) is 6.07 Å². The van der Waals surface area contributed by atoms with E-state index in [1.807, 2.05) is 12.1 Å². The summed E-state index contributed by atoms with van der Waals surface area (Å²) in [5, 5.41) is 18.4. The Labute approximate surface area is 204 Å². The minimum atomic E-state index is -0.920. The lowest BCUT2D eigenvalue weighted by Crippen LogP contribution is -2.23. The number of carbonyl (C=O) groups excluding carboxylic acids is 1. The Kier molecular flexibility index (Phi) is 10.2. The molecule has 0 saturated heterocycles. The van der Waals surface area contributed by atoms with Gasteiger partial charge < -0.3 is 25.8 Å². The van der Waals surface area contributed by atoms with Crippen molar-refractivity contribution in [1.29, 1.82) is 0 Å². The molecule has 3 rings (SSSR count). The van der Waals surface area contributed by atoms with Gasteiger partial charge in [-0.2, -0.15) is 0 Å². The maximum Gasteiger partial charge on any atom is 0.335 e. The standard InChI is InChI=1S/C27H30FN3O4/c28-24-5-1-2-6-25(24)35-23-13-11-22(12-14-23)31-26(32)15-18-29-16-3-4-17-30-19-20-7-9-21(10-8-20)27(33)34/h1-2,5-14,29-30H,3-4,15-19H2,(H,31,32)(H,33,34). The van der Waals surface area contributed by atoms with Gasteiger partial charge in [0.25, 0.3) is 0 Å². The van der Waals surface area contributed by atoms with Gasteiger partial charge in [0.1, 0.15) is 5.75 Å². The summed E-state index contributed by atoms with van der Waals surface area (Å²) in [6, 6.07) is 19.8. The summed E-state index contributed by atoms with van der Waals surface area (Å²) in [7, 11) is 0. The number of para-hydroxylation sites is 1. The first kappa shape index (κ1) is 25.9. The van der Waals surface area contributed by atoms with Crippen molar-refractivity contribution in [3.8, 4) is 11.5 Å². The summed E-state index contributed by atoms with van der Waals surface area (Å²) in [6.07, 6.45) is 2.34. The van der Waals surface area contributed by atoms with Gasteiger partial charge in [-0.25, -0.2) is 9.18 Å². The van der Waals surface area contributed by atoms with Crippen LogP contribution in [0.3, 0.4) is 0 Å². The SMILES string of the molecule is O=C(CCNCCCCNCc1ccc(C(=O)O)cc1)Nc1ccc(Oc2ccccc2F)cc1. The summed E-state index contributed by atoms with van der Waals surface area (Å²) >= 11 is 0. The van der Waals surface area contributed by atoms with Crippen LogP contribution in [0, 0.1) is 5.82 Å². The molecule has 35 heavy (non-hydrogen) atoms. The molecule has 0 saturated carbocycles. The summed E-state index contributed by atoms with van der Waals surface area (Å²) in [5.74, 6) is -0.801. The maximum absolute atomic E-state index is 13.7. The molecule has 0 aliphatic carbocycles. The lowest BCUT2D eigenvalue weighted by atomic mass is 10.1. The number of hydrogen-bond donors (Lipinski definition) is 4. The smallest absolute Gasteiger partial charge is 0.335 e. The molecule has 0 heterocycles. The third-order valence-corrected chi connectivity index (χ3v) is 5.22. The molecule has 0 fully saturated rings. The number of rotatable bonds is 14. The van der Waals surface area contributed by atoms with E-state index in [4.69, 9.17) is 9.84 Å². The van der Waals surface area contributed by atoms with E-state index in [1.54, 1.807) is 54.6 Å². The highest BCUT2D eigenvalue weighted by Gasteiger charge is 2.06. The number of carboxylic acid groups (broad SMARTS) is 1. The lowest BCUT2D eigenvalue weighted by Gasteiger charge is -2.09. The number of unbranched alkanes of at least 4 members (excludes halogenated alkanes) is 1. The zero-order valence-corrected chi connectivity index (χ0v) is 19.4. The monoisotopic (exact) mass is 479 g/mol. The number of amides is 1. The maximum atomic E-state index is 13.7. The Morgan fingerprint density at radius 1 is 0.829 bits per heavy atom. The van der Waals surface area contributed by atoms with Crippen molar-refractivity contribution in [3.05, 3.63) is 89.7 Å². The molecule has 3 aromatic rings. The molecule has 0 spiro atoms. The van der Waals surface area contributed by atoms with Crippen molar-refractivity contribution < 1.29 is 23.8 Å². The van der Waals surface area contributed by atoms with Gasteiger partial charge in [-0.1, -0.05) is 24.3 Å². The quantitative estimate of drug-likeness (QED) is 0.248. The third-order valence-electron chi connectivity index (χ3n) is 5.22. The summed E-state index contributed by atoms with van der Waals surface area (Å²) in [4.78, 5) is 23.0. The van der Waals surface area contributed by atoms with Crippen LogP contribution in [0.2, 0.25) is 0 Å². The number of anilines is 1. The van der Waals surface area contributed by atoms with Crippen LogP contribution in [-0.4, -0.2) is 36.6 Å². The van der Waals surface area contributed by atoms with E-state index in [2.05, 4.69) is 16.0 Å². The molecule has 0 bridgehead atoms. The van der Waals surface area contributed by atoms with E-state index < -0.39 is 11.8 Å². The van der Waals surface area contributed by atoms with Crippen LogP contribution in [0.15, 0.2) is 72.8 Å². The molecule has 4 N–H and O–H groups in total. The number of carbonyl (C=O) groups is 2. The molecule has 0 radical (unpaired) electrons. The lowest BCUT2D eigenvalue weighted by molar-refractivity contribution is -0.116. The molecular weight excluding hydrogens is 449 g/mol. The zero-order chi connectivity index (χ0) is 24.9. The minimum absolute atomic E-state index is 0.0872. The summed E-state index contributed by atoms with van der Waals surface area (Å²) in [6.45, 7) is 2.97. The largest absolute Gasteiger partial charge is 0.478 e. The summed E-state index contributed by atoms with van der Waals surface area (Å²) in [5.41, 5.74) is 1.99. The normalized spacial score (nSPS) is 10.7. The van der Waals surface area contributed by atoms with Gasteiger partial charge in [0.2, 0.25) is 5.91 Å². The van der Waals surface area contributed by atoms with Crippen LogP contribution < -0.4 is 20.7 Å². The average Bonchev–Trinajstić information content (AvgIpc) is 2.86. The molecule has 0 aliphatic heterocycles. The van der Waals surface area contributed by atoms with E-state index in [0.717, 1.165) is 31.5 Å². The van der Waals surface area contributed by atoms with Gasteiger partial charge in [0, 0.05) is 25.2 Å². The predicted molar refractivity (Wildman–Crippen MR) is 133 cm³/mol. The molecule has 0 unspecified atom stereocenters. The fraction of sp³-hybridized carbons (Fsp3) is 0.259. The van der Waals surface area contributed by atoms with Crippen molar-refractivity contribution in [1.82, 2.24) is 10.6 Å². The molecular formula is C27H30FN3O4. The van der Waals surface area contributed by atoms with Gasteiger partial charge in [0.05, 0.1) is 5.56 Å². The van der Waals surface area contributed by atoms with Crippen molar-refractivity contribution >= 4 is 17.6 Å². The first-order valence-corrected chi connectivity index (χ1v) is 11.6. The van der Waals surface area contributed by atoms with Crippen molar-refractivity contribution in [2.45, 2.75) is 25.8 Å². The van der Waals surface area contributed by atoms with Gasteiger partial charge in [-0.3, -0.25) is 4.79 Å². The van der Waals surface area contributed by atoms with E-state index in [0.29, 0.717) is 30.9 Å². The Hall–Kier alpha value is -3.75. The van der Waals surface area contributed by atoms with Crippen molar-refractivity contribution in [2.24, 2.45) is 0 Å². The molecule has 1 amide bonds. The Balaban J connectivity index is 1.22. The topological polar surface area (TPSA) is 99.7 Å². The number of nitrogens with one attached hydrogen (secondary N) is 3. The van der Waals surface area contributed by atoms with Crippen molar-refractivity contribution in [2.75, 3.05) is 25.0 Å². The van der Waals surface area contributed by atoms with Crippen LogP contribution in [0.4, 0.5) is 10.1 Å². The first-order chi connectivity index (χ1) is 17.0. The van der Waals surface area contributed by atoms with Crippen LogP contribution in [-0.2, 0) is 11.3 Å². The molecule has 3 aromatic carbocycles. The molecule has 7 nitrogen and oxygen atoms in total. The third kappa shape index (κ3) is 9.19. The van der Waals surface area contributed by atoms with Crippen molar-refractivity contribution in [3.63, 3.8) is 0 Å². The minimum Gasteiger partial charge on any atom is -0.478 e. The van der Waals surface area contributed by atoms with E-state index >= 15 is 0 Å². The second kappa shape index (κ2) is 13.8. The molecule has 8 heteroatoms. The van der Waals surface area contributed by atoms with Crippen LogP contribution in [0.5, 0.6) is 11.5 Å².